The fourth-order valence-electron chi connectivity index (χ4n) is 3.03. The molecule has 30 heavy (non-hydrogen) atoms. The van der Waals surface area contributed by atoms with Gasteiger partial charge >= 0.3 is 5.97 Å². The lowest BCUT2D eigenvalue weighted by Crippen LogP contribution is -2.04. The highest BCUT2D eigenvalue weighted by molar-refractivity contribution is 7.19. The van der Waals surface area contributed by atoms with Crippen molar-refractivity contribution < 1.29 is 14.3 Å². The summed E-state index contributed by atoms with van der Waals surface area (Å²) in [4.78, 5) is 17.2. The maximum Gasteiger partial charge on any atom is 0.338 e. The first kappa shape index (κ1) is 20.1. The Labute approximate surface area is 179 Å². The molecule has 0 aliphatic heterocycles. The Morgan fingerprint density at radius 3 is 2.47 bits per heavy atom. The molecule has 0 N–H and O–H groups in total. The van der Waals surface area contributed by atoms with Crippen LogP contribution in [0, 0.1) is 0 Å². The van der Waals surface area contributed by atoms with Gasteiger partial charge in [0.05, 0.1) is 30.7 Å². The maximum atomic E-state index is 11.9. The molecule has 0 bridgehead atoms. The molecule has 0 fully saturated rings. The van der Waals surface area contributed by atoms with Gasteiger partial charge in [0.15, 0.2) is 0 Å². The van der Waals surface area contributed by atoms with Crippen LogP contribution in [0.15, 0.2) is 54.7 Å². The Bertz CT molecular complexity index is 1130. The van der Waals surface area contributed by atoms with E-state index in [0.717, 1.165) is 52.0 Å². The molecule has 6 nitrogen and oxygen atoms in total. The standard InChI is InChI=1S/C23H23N3O3S/c1-3-5-14-29-19-12-10-17(11-13-19)21-25-26-20(15-24-23(26)30-21)16-6-8-18(9-7-16)22(27)28-4-2/h6-13,15H,3-5,14H2,1-2H3. The number of esters is 1. The normalized spacial score (nSPS) is 11.0. The molecule has 0 amide bonds. The molecule has 0 spiro atoms. The van der Waals surface area contributed by atoms with E-state index in [4.69, 9.17) is 14.6 Å². The Hall–Kier alpha value is -3.19. The number of aromatic nitrogens is 3. The summed E-state index contributed by atoms with van der Waals surface area (Å²) in [5.41, 5.74) is 3.37. The zero-order valence-electron chi connectivity index (χ0n) is 17.0. The lowest BCUT2D eigenvalue weighted by molar-refractivity contribution is 0.0526. The second-order valence-corrected chi connectivity index (χ2v) is 7.73. The van der Waals surface area contributed by atoms with E-state index in [0.29, 0.717) is 12.2 Å². The SMILES string of the molecule is CCCCOc1ccc(-c2nn3c(-c4ccc(C(=O)OCC)cc4)cnc3s2)cc1. The molecule has 0 unspecified atom stereocenters. The lowest BCUT2D eigenvalue weighted by atomic mass is 10.1. The first-order valence-electron chi connectivity index (χ1n) is 10.0. The van der Waals surface area contributed by atoms with Crippen molar-refractivity contribution in [3.8, 4) is 27.6 Å². The van der Waals surface area contributed by atoms with Crippen LogP contribution in [-0.4, -0.2) is 33.8 Å². The van der Waals surface area contributed by atoms with Crippen LogP contribution in [0.1, 0.15) is 37.0 Å². The van der Waals surface area contributed by atoms with Crippen LogP contribution in [-0.2, 0) is 4.74 Å². The van der Waals surface area contributed by atoms with Crippen molar-refractivity contribution in [1.82, 2.24) is 14.6 Å². The van der Waals surface area contributed by atoms with Gasteiger partial charge in [0.2, 0.25) is 4.96 Å². The van der Waals surface area contributed by atoms with Gasteiger partial charge in [0.1, 0.15) is 10.8 Å². The summed E-state index contributed by atoms with van der Waals surface area (Å²) in [6, 6.07) is 15.3. The van der Waals surface area contributed by atoms with E-state index < -0.39 is 0 Å². The fraction of sp³-hybridized carbons (Fsp3) is 0.261. The van der Waals surface area contributed by atoms with E-state index in [1.54, 1.807) is 25.3 Å². The van der Waals surface area contributed by atoms with Gasteiger partial charge in [0.25, 0.3) is 0 Å². The Morgan fingerprint density at radius 2 is 1.77 bits per heavy atom. The van der Waals surface area contributed by atoms with Crippen LogP contribution in [0.3, 0.4) is 0 Å². The number of hydrogen-bond acceptors (Lipinski definition) is 6. The van der Waals surface area contributed by atoms with E-state index >= 15 is 0 Å². The Morgan fingerprint density at radius 1 is 1.03 bits per heavy atom. The Kier molecular flexibility index (Phi) is 6.09. The summed E-state index contributed by atoms with van der Waals surface area (Å²) in [6.07, 6.45) is 3.96. The zero-order valence-corrected chi connectivity index (χ0v) is 17.8. The van der Waals surface area contributed by atoms with Crippen molar-refractivity contribution in [3.05, 3.63) is 60.3 Å². The Balaban J connectivity index is 1.56. The number of carbonyl (C=O) groups excluding carboxylic acids is 1. The summed E-state index contributed by atoms with van der Waals surface area (Å²) in [5, 5.41) is 5.64. The van der Waals surface area contributed by atoms with E-state index in [1.807, 2.05) is 40.9 Å². The quantitative estimate of drug-likeness (QED) is 0.278. The highest BCUT2D eigenvalue weighted by Gasteiger charge is 2.14. The van der Waals surface area contributed by atoms with Crippen LogP contribution in [0.25, 0.3) is 26.8 Å². The smallest absolute Gasteiger partial charge is 0.338 e. The highest BCUT2D eigenvalue weighted by Crippen LogP contribution is 2.30. The number of unbranched alkanes of at least 4 members (excludes halogenated alkanes) is 1. The van der Waals surface area contributed by atoms with E-state index in [2.05, 4.69) is 11.9 Å². The second kappa shape index (κ2) is 9.09. The van der Waals surface area contributed by atoms with Gasteiger partial charge in [-0.05, 0) is 49.7 Å². The monoisotopic (exact) mass is 421 g/mol. The van der Waals surface area contributed by atoms with E-state index in [1.165, 1.54) is 11.3 Å². The molecule has 154 valence electrons. The number of imidazole rings is 1. The van der Waals surface area contributed by atoms with Gasteiger partial charge in [-0.2, -0.15) is 5.10 Å². The predicted molar refractivity (Wildman–Crippen MR) is 118 cm³/mol. The van der Waals surface area contributed by atoms with Crippen molar-refractivity contribution in [3.63, 3.8) is 0 Å². The van der Waals surface area contributed by atoms with Crippen molar-refractivity contribution in [2.45, 2.75) is 26.7 Å². The highest BCUT2D eigenvalue weighted by atomic mass is 32.1. The van der Waals surface area contributed by atoms with Crippen molar-refractivity contribution in [2.75, 3.05) is 13.2 Å². The molecule has 0 saturated carbocycles. The van der Waals surface area contributed by atoms with Gasteiger partial charge in [-0.3, -0.25) is 0 Å². The van der Waals surface area contributed by atoms with Gasteiger partial charge in [-0.1, -0.05) is 36.8 Å². The molecular formula is C23H23N3O3S. The molecule has 0 aliphatic carbocycles. The zero-order chi connectivity index (χ0) is 20.9. The van der Waals surface area contributed by atoms with Gasteiger partial charge < -0.3 is 9.47 Å². The van der Waals surface area contributed by atoms with E-state index in [9.17, 15) is 4.79 Å². The molecule has 0 aliphatic rings. The van der Waals surface area contributed by atoms with Crippen LogP contribution < -0.4 is 4.74 Å². The molecule has 0 atom stereocenters. The lowest BCUT2D eigenvalue weighted by Gasteiger charge is -2.05. The summed E-state index contributed by atoms with van der Waals surface area (Å²) in [6.45, 7) is 5.03. The number of rotatable bonds is 8. The van der Waals surface area contributed by atoms with Crippen LogP contribution in [0.5, 0.6) is 5.75 Å². The molecule has 2 aromatic carbocycles. The summed E-state index contributed by atoms with van der Waals surface area (Å²) >= 11 is 1.53. The van der Waals surface area contributed by atoms with Crippen LogP contribution >= 0.6 is 11.3 Å². The average Bonchev–Trinajstić information content (AvgIpc) is 3.36. The third-order valence-corrected chi connectivity index (χ3v) is 5.62. The molecular weight excluding hydrogens is 398 g/mol. The minimum Gasteiger partial charge on any atom is -0.494 e. The maximum absolute atomic E-state index is 11.9. The van der Waals surface area contributed by atoms with Gasteiger partial charge in [-0.15, -0.1) is 0 Å². The van der Waals surface area contributed by atoms with Crippen LogP contribution in [0.4, 0.5) is 0 Å². The van der Waals surface area contributed by atoms with Crippen molar-refractivity contribution in [2.24, 2.45) is 0 Å². The first-order valence-corrected chi connectivity index (χ1v) is 10.9. The largest absolute Gasteiger partial charge is 0.494 e. The number of fused-ring (bicyclic) bond motifs is 1. The number of ether oxygens (including phenoxy) is 2. The van der Waals surface area contributed by atoms with Gasteiger partial charge in [0, 0.05) is 11.1 Å². The van der Waals surface area contributed by atoms with Gasteiger partial charge in [-0.25, -0.2) is 14.3 Å². The summed E-state index contributed by atoms with van der Waals surface area (Å²) in [7, 11) is 0. The second-order valence-electron chi connectivity index (χ2n) is 6.77. The fourth-order valence-corrected chi connectivity index (χ4v) is 3.91. The summed E-state index contributed by atoms with van der Waals surface area (Å²) < 4.78 is 12.6. The minimum atomic E-state index is -0.319. The number of hydrogen-bond donors (Lipinski definition) is 0. The number of nitrogens with zero attached hydrogens (tertiary/aromatic N) is 3. The molecule has 4 rings (SSSR count). The molecule has 2 aromatic heterocycles. The number of carbonyl (C=O) groups is 1. The van der Waals surface area contributed by atoms with Crippen molar-refractivity contribution in [1.29, 1.82) is 0 Å². The molecule has 0 radical (unpaired) electrons. The predicted octanol–water partition coefficient (Wildman–Crippen LogP) is 5.48. The molecule has 0 saturated heterocycles. The average molecular weight is 422 g/mol. The molecule has 4 aromatic rings. The first-order chi connectivity index (χ1) is 14.7. The topological polar surface area (TPSA) is 65.7 Å². The minimum absolute atomic E-state index is 0.319. The van der Waals surface area contributed by atoms with E-state index in [-0.39, 0.29) is 5.97 Å². The van der Waals surface area contributed by atoms with Crippen LogP contribution in [0.2, 0.25) is 0 Å². The number of benzene rings is 2. The third kappa shape index (κ3) is 4.21. The molecule has 7 heteroatoms. The summed E-state index contributed by atoms with van der Waals surface area (Å²) in [5.74, 6) is 0.552. The van der Waals surface area contributed by atoms with Crippen molar-refractivity contribution >= 4 is 22.3 Å². The molecule has 2 heterocycles. The third-order valence-electron chi connectivity index (χ3n) is 4.65.